The van der Waals surface area contributed by atoms with Crippen molar-refractivity contribution >= 4 is 62.5 Å². The minimum absolute atomic E-state index is 0.191. The summed E-state index contributed by atoms with van der Waals surface area (Å²) in [7, 11) is 0. The number of furan rings is 1. The van der Waals surface area contributed by atoms with Crippen molar-refractivity contribution in [3.05, 3.63) is 77.0 Å². The van der Waals surface area contributed by atoms with Gasteiger partial charge in [-0.25, -0.2) is 0 Å². The first-order valence-electron chi connectivity index (χ1n) is 12.4. The Kier molecular flexibility index (Phi) is 8.69. The number of carbonyl (C=O) groups excluding carboxylic acids is 2. The Morgan fingerprint density at radius 2 is 1.61 bits per heavy atom. The molecule has 9 heteroatoms. The van der Waals surface area contributed by atoms with Gasteiger partial charge in [0.2, 0.25) is 11.8 Å². The fourth-order valence-corrected chi connectivity index (χ4v) is 4.57. The van der Waals surface area contributed by atoms with E-state index >= 15 is 0 Å². The zero-order chi connectivity index (χ0) is 27.3. The third kappa shape index (κ3) is 7.33. The molecular weight excluding hydrogens is 564 g/mol. The van der Waals surface area contributed by atoms with Crippen LogP contribution in [-0.4, -0.2) is 48.0 Å². The minimum Gasteiger partial charge on any atom is -0.457 e. The van der Waals surface area contributed by atoms with Crippen LogP contribution >= 0.6 is 28.1 Å². The summed E-state index contributed by atoms with van der Waals surface area (Å²) in [6.07, 6.45) is 2.98. The number of halogens is 1. The molecule has 1 aliphatic rings. The molecular formula is C29H31BrN4O3S. The fourth-order valence-electron chi connectivity index (χ4n) is 4.08. The molecule has 0 aliphatic carbocycles. The summed E-state index contributed by atoms with van der Waals surface area (Å²) < 4.78 is 6.79. The predicted octanol–water partition coefficient (Wildman–Crippen LogP) is 5.93. The topological polar surface area (TPSA) is 77.8 Å². The van der Waals surface area contributed by atoms with Crippen LogP contribution in [-0.2, 0) is 9.59 Å². The zero-order valence-corrected chi connectivity index (χ0v) is 24.1. The number of anilines is 2. The molecule has 0 saturated carbocycles. The molecule has 38 heavy (non-hydrogen) atoms. The van der Waals surface area contributed by atoms with Gasteiger partial charge in [0.1, 0.15) is 11.5 Å². The number of amides is 2. The first-order chi connectivity index (χ1) is 18.1. The summed E-state index contributed by atoms with van der Waals surface area (Å²) in [6.45, 7) is 8.86. The Balaban J connectivity index is 1.24. The van der Waals surface area contributed by atoms with Crippen LogP contribution in [0.2, 0.25) is 0 Å². The smallest absolute Gasteiger partial charge is 0.250 e. The summed E-state index contributed by atoms with van der Waals surface area (Å²) in [6, 6.07) is 19.3. The van der Waals surface area contributed by atoms with E-state index in [0.717, 1.165) is 40.3 Å². The van der Waals surface area contributed by atoms with E-state index in [1.807, 2.05) is 86.3 Å². The second-order valence-electron chi connectivity index (χ2n) is 10.1. The largest absolute Gasteiger partial charge is 0.457 e. The van der Waals surface area contributed by atoms with Crippen molar-refractivity contribution in [2.45, 2.75) is 20.8 Å². The van der Waals surface area contributed by atoms with Gasteiger partial charge in [-0.05, 0) is 66.8 Å². The summed E-state index contributed by atoms with van der Waals surface area (Å²) in [5.74, 6) is 1.12. The van der Waals surface area contributed by atoms with Crippen molar-refractivity contribution in [3.63, 3.8) is 0 Å². The monoisotopic (exact) mass is 594 g/mol. The van der Waals surface area contributed by atoms with Crippen LogP contribution in [0.4, 0.5) is 11.4 Å². The molecule has 0 bridgehead atoms. The molecule has 0 unspecified atom stereocenters. The standard InChI is InChI=1S/C29H31BrN4O3S/c1-29(2,3)27(36)34-18-16-33(17-19-34)23-10-8-22(9-11-23)31-28(38)32-26(35)15-13-24-12-14-25(37-24)20-4-6-21(30)7-5-20/h4-15H,16-19H2,1-3H3,(H2,31,32,35,38)/b15-13+. The molecule has 0 spiro atoms. The third-order valence-corrected chi connectivity index (χ3v) is 6.82. The van der Waals surface area contributed by atoms with E-state index in [9.17, 15) is 9.59 Å². The molecule has 0 atom stereocenters. The summed E-state index contributed by atoms with van der Waals surface area (Å²) in [5.41, 5.74) is 2.44. The zero-order valence-electron chi connectivity index (χ0n) is 21.7. The quantitative estimate of drug-likeness (QED) is 0.281. The van der Waals surface area contributed by atoms with Gasteiger partial charge in [0, 0.05) is 59.1 Å². The molecule has 2 aromatic carbocycles. The van der Waals surface area contributed by atoms with Gasteiger partial charge in [-0.1, -0.05) is 48.8 Å². The number of hydrogen-bond acceptors (Lipinski definition) is 5. The molecule has 4 rings (SSSR count). The normalized spacial score (nSPS) is 14.0. The summed E-state index contributed by atoms with van der Waals surface area (Å²) in [5, 5.41) is 5.89. The van der Waals surface area contributed by atoms with Gasteiger partial charge in [0.25, 0.3) is 0 Å². The molecule has 7 nitrogen and oxygen atoms in total. The summed E-state index contributed by atoms with van der Waals surface area (Å²) >= 11 is 8.71. The minimum atomic E-state index is -0.359. The second-order valence-corrected chi connectivity index (χ2v) is 11.4. The summed E-state index contributed by atoms with van der Waals surface area (Å²) in [4.78, 5) is 29.0. The van der Waals surface area contributed by atoms with Gasteiger partial charge < -0.3 is 19.5 Å². The molecule has 1 saturated heterocycles. The highest BCUT2D eigenvalue weighted by atomic mass is 79.9. The van der Waals surface area contributed by atoms with E-state index in [-0.39, 0.29) is 22.3 Å². The van der Waals surface area contributed by atoms with Gasteiger partial charge in [0.15, 0.2) is 5.11 Å². The Bertz CT molecular complexity index is 1320. The second kappa shape index (κ2) is 12.0. The number of nitrogens with zero attached hydrogens (tertiary/aromatic N) is 2. The van der Waals surface area contributed by atoms with Crippen LogP contribution in [0.3, 0.4) is 0 Å². The number of piperazine rings is 1. The molecule has 198 valence electrons. The van der Waals surface area contributed by atoms with Crippen molar-refractivity contribution in [2.75, 3.05) is 36.4 Å². The van der Waals surface area contributed by atoms with Gasteiger partial charge in [-0.3, -0.25) is 14.9 Å². The first kappa shape index (κ1) is 27.6. The SMILES string of the molecule is CC(C)(C)C(=O)N1CCN(c2ccc(NC(=S)NC(=O)/C=C/c3ccc(-c4ccc(Br)cc4)o3)cc2)CC1. The molecule has 3 aromatic rings. The van der Waals surface area contributed by atoms with E-state index < -0.39 is 0 Å². The van der Waals surface area contributed by atoms with E-state index in [4.69, 9.17) is 16.6 Å². The Morgan fingerprint density at radius 1 is 0.947 bits per heavy atom. The number of carbonyl (C=O) groups is 2. The van der Waals surface area contributed by atoms with Gasteiger partial charge in [0.05, 0.1) is 0 Å². The maximum Gasteiger partial charge on any atom is 0.250 e. The number of rotatable bonds is 5. The Labute approximate surface area is 237 Å². The molecule has 1 fully saturated rings. The van der Waals surface area contributed by atoms with Crippen LogP contribution < -0.4 is 15.5 Å². The maximum absolute atomic E-state index is 12.5. The molecule has 0 radical (unpaired) electrons. The predicted molar refractivity (Wildman–Crippen MR) is 160 cm³/mol. The highest BCUT2D eigenvalue weighted by molar-refractivity contribution is 9.10. The lowest BCUT2D eigenvalue weighted by atomic mass is 9.94. The highest BCUT2D eigenvalue weighted by Crippen LogP contribution is 2.25. The Morgan fingerprint density at radius 3 is 2.24 bits per heavy atom. The average Bonchev–Trinajstić information content (AvgIpc) is 3.36. The van der Waals surface area contributed by atoms with Gasteiger partial charge in [-0.15, -0.1) is 0 Å². The third-order valence-electron chi connectivity index (χ3n) is 6.09. The van der Waals surface area contributed by atoms with Crippen molar-refractivity contribution in [2.24, 2.45) is 5.41 Å². The number of thiocarbonyl (C=S) groups is 1. The average molecular weight is 596 g/mol. The van der Waals surface area contributed by atoms with Crippen molar-refractivity contribution < 1.29 is 14.0 Å². The van der Waals surface area contributed by atoms with E-state index in [2.05, 4.69) is 31.5 Å². The van der Waals surface area contributed by atoms with Crippen LogP contribution in [0, 0.1) is 5.41 Å². The maximum atomic E-state index is 12.5. The van der Waals surface area contributed by atoms with E-state index in [0.29, 0.717) is 18.8 Å². The van der Waals surface area contributed by atoms with Crippen molar-refractivity contribution in [1.82, 2.24) is 10.2 Å². The van der Waals surface area contributed by atoms with Gasteiger partial charge >= 0.3 is 0 Å². The van der Waals surface area contributed by atoms with E-state index in [1.165, 1.54) is 6.08 Å². The number of benzene rings is 2. The van der Waals surface area contributed by atoms with Crippen LogP contribution in [0.5, 0.6) is 0 Å². The molecule has 1 aromatic heterocycles. The van der Waals surface area contributed by atoms with E-state index in [1.54, 1.807) is 6.08 Å². The first-order valence-corrected chi connectivity index (χ1v) is 13.6. The lowest BCUT2D eigenvalue weighted by Crippen LogP contribution is -2.51. The van der Waals surface area contributed by atoms with Crippen molar-refractivity contribution in [1.29, 1.82) is 0 Å². The highest BCUT2D eigenvalue weighted by Gasteiger charge is 2.29. The fraction of sp³-hybridized carbons (Fsp3) is 0.276. The molecule has 1 aliphatic heterocycles. The van der Waals surface area contributed by atoms with Crippen LogP contribution in [0.25, 0.3) is 17.4 Å². The number of hydrogen-bond donors (Lipinski definition) is 2. The molecule has 2 amide bonds. The van der Waals surface area contributed by atoms with Crippen LogP contribution in [0.1, 0.15) is 26.5 Å². The van der Waals surface area contributed by atoms with Gasteiger partial charge in [-0.2, -0.15) is 0 Å². The Hall–Kier alpha value is -3.43. The lowest BCUT2D eigenvalue weighted by molar-refractivity contribution is -0.139. The van der Waals surface area contributed by atoms with Crippen LogP contribution in [0.15, 0.2) is 75.6 Å². The molecule has 2 heterocycles. The number of nitrogens with one attached hydrogen (secondary N) is 2. The lowest BCUT2D eigenvalue weighted by Gasteiger charge is -2.38. The van der Waals surface area contributed by atoms with Crippen molar-refractivity contribution in [3.8, 4) is 11.3 Å². The molecule has 2 N–H and O–H groups in total.